The zero-order valence-corrected chi connectivity index (χ0v) is 8.11. The van der Waals surface area contributed by atoms with E-state index in [1.54, 1.807) is 30.3 Å². The first kappa shape index (κ1) is 10.8. The van der Waals surface area contributed by atoms with Crippen molar-refractivity contribution < 1.29 is 9.90 Å². The number of amides is 1. The minimum atomic E-state index is -1.24. The third-order valence-electron chi connectivity index (χ3n) is 1.63. The maximum Gasteiger partial charge on any atom is 0.250 e. The van der Waals surface area contributed by atoms with Crippen molar-refractivity contribution in [3.05, 3.63) is 40.9 Å². The summed E-state index contributed by atoms with van der Waals surface area (Å²) in [4.78, 5) is 10.5. The molecular weight excluding hydrogens is 202 g/mol. The summed E-state index contributed by atoms with van der Waals surface area (Å²) in [5.74, 6) is -0.768. The van der Waals surface area contributed by atoms with Gasteiger partial charge in [0.2, 0.25) is 5.91 Å². The Morgan fingerprint density at radius 3 is 2.50 bits per heavy atom. The molecule has 0 spiro atoms. The molecule has 0 fully saturated rings. The van der Waals surface area contributed by atoms with Gasteiger partial charge in [-0.1, -0.05) is 29.8 Å². The third kappa shape index (κ3) is 3.20. The summed E-state index contributed by atoms with van der Waals surface area (Å²) in [6, 6.07) is 6.98. The van der Waals surface area contributed by atoms with Crippen molar-refractivity contribution in [2.75, 3.05) is 0 Å². The SMILES string of the molecule is NC(=O)C(O)/C=C/c1ccc(Cl)cc1. The van der Waals surface area contributed by atoms with Crippen LogP contribution < -0.4 is 5.73 Å². The maximum absolute atomic E-state index is 10.5. The summed E-state index contributed by atoms with van der Waals surface area (Å²) >= 11 is 5.68. The first-order valence-corrected chi connectivity index (χ1v) is 4.38. The fourth-order valence-electron chi connectivity index (χ4n) is 0.871. The second-order valence-electron chi connectivity index (χ2n) is 2.76. The van der Waals surface area contributed by atoms with Crippen molar-refractivity contribution in [2.24, 2.45) is 5.73 Å². The first-order valence-electron chi connectivity index (χ1n) is 4.01. The Bertz CT molecular complexity index is 346. The lowest BCUT2D eigenvalue weighted by molar-refractivity contribution is -0.123. The van der Waals surface area contributed by atoms with Gasteiger partial charge in [-0.2, -0.15) is 0 Å². The zero-order valence-electron chi connectivity index (χ0n) is 7.35. The van der Waals surface area contributed by atoms with E-state index in [1.165, 1.54) is 6.08 Å². The van der Waals surface area contributed by atoms with Gasteiger partial charge in [0, 0.05) is 5.02 Å². The molecule has 0 bridgehead atoms. The number of primary amides is 1. The number of aliphatic hydroxyl groups excluding tert-OH is 1. The molecule has 3 nitrogen and oxygen atoms in total. The molecule has 74 valence electrons. The molecule has 0 aliphatic carbocycles. The van der Waals surface area contributed by atoms with Crippen LogP contribution in [0.4, 0.5) is 0 Å². The lowest BCUT2D eigenvalue weighted by Gasteiger charge is -1.98. The number of rotatable bonds is 3. The molecule has 0 saturated carbocycles. The highest BCUT2D eigenvalue weighted by Crippen LogP contribution is 2.10. The van der Waals surface area contributed by atoms with Gasteiger partial charge in [-0.25, -0.2) is 0 Å². The number of carbonyl (C=O) groups excluding carboxylic acids is 1. The second kappa shape index (κ2) is 4.79. The summed E-state index contributed by atoms with van der Waals surface area (Å²) in [6.07, 6.45) is 1.68. The standard InChI is InChI=1S/C10H10ClNO2/c11-8-4-1-7(2-5-8)3-6-9(13)10(12)14/h1-6,9,13H,(H2,12,14)/b6-3+. The van der Waals surface area contributed by atoms with Crippen LogP contribution in [-0.2, 0) is 4.79 Å². The average molecular weight is 212 g/mol. The number of benzene rings is 1. The summed E-state index contributed by atoms with van der Waals surface area (Å²) in [7, 11) is 0. The third-order valence-corrected chi connectivity index (χ3v) is 1.88. The predicted molar refractivity (Wildman–Crippen MR) is 55.7 cm³/mol. The van der Waals surface area contributed by atoms with Gasteiger partial charge in [-0.05, 0) is 23.8 Å². The topological polar surface area (TPSA) is 63.3 Å². The van der Waals surface area contributed by atoms with Gasteiger partial charge in [0.15, 0.2) is 6.10 Å². The molecule has 1 atom stereocenters. The van der Waals surface area contributed by atoms with Gasteiger partial charge in [0.05, 0.1) is 0 Å². The smallest absolute Gasteiger partial charge is 0.250 e. The van der Waals surface area contributed by atoms with Gasteiger partial charge in [0.1, 0.15) is 0 Å². The van der Waals surface area contributed by atoms with Crippen LogP contribution in [0.25, 0.3) is 6.08 Å². The highest BCUT2D eigenvalue weighted by molar-refractivity contribution is 6.30. The van der Waals surface area contributed by atoms with Crippen LogP contribution in [0.5, 0.6) is 0 Å². The lowest BCUT2D eigenvalue weighted by atomic mass is 10.2. The molecule has 3 N–H and O–H groups in total. The predicted octanol–water partition coefficient (Wildman–Crippen LogP) is 1.20. The monoisotopic (exact) mass is 211 g/mol. The molecule has 1 unspecified atom stereocenters. The van der Waals surface area contributed by atoms with Crippen molar-refractivity contribution in [1.82, 2.24) is 0 Å². The van der Waals surface area contributed by atoms with E-state index in [0.717, 1.165) is 5.56 Å². The van der Waals surface area contributed by atoms with Crippen LogP contribution in [0.15, 0.2) is 30.3 Å². The summed E-state index contributed by atoms with van der Waals surface area (Å²) in [5.41, 5.74) is 5.71. The highest BCUT2D eigenvalue weighted by Gasteiger charge is 2.04. The molecule has 0 aliphatic rings. The summed E-state index contributed by atoms with van der Waals surface area (Å²) in [5, 5.41) is 9.69. The van der Waals surface area contributed by atoms with E-state index in [9.17, 15) is 4.79 Å². The zero-order chi connectivity index (χ0) is 10.6. The van der Waals surface area contributed by atoms with Crippen LogP contribution >= 0.6 is 11.6 Å². The van der Waals surface area contributed by atoms with Crippen molar-refractivity contribution >= 4 is 23.6 Å². The van der Waals surface area contributed by atoms with E-state index >= 15 is 0 Å². The number of hydrogen-bond acceptors (Lipinski definition) is 2. The lowest BCUT2D eigenvalue weighted by Crippen LogP contribution is -2.25. The minimum Gasteiger partial charge on any atom is -0.379 e. The Morgan fingerprint density at radius 2 is 2.00 bits per heavy atom. The Hall–Kier alpha value is -1.32. The number of nitrogens with two attached hydrogens (primary N) is 1. The average Bonchev–Trinajstić information content (AvgIpc) is 2.16. The molecule has 1 aromatic rings. The van der Waals surface area contributed by atoms with E-state index < -0.39 is 12.0 Å². The number of aliphatic hydroxyl groups is 1. The fraction of sp³-hybridized carbons (Fsp3) is 0.100. The number of halogens is 1. The molecule has 1 rings (SSSR count). The van der Waals surface area contributed by atoms with Gasteiger partial charge in [-0.15, -0.1) is 0 Å². The molecule has 14 heavy (non-hydrogen) atoms. The second-order valence-corrected chi connectivity index (χ2v) is 3.19. The van der Waals surface area contributed by atoms with Crippen LogP contribution in [0, 0.1) is 0 Å². The summed E-state index contributed by atoms with van der Waals surface area (Å²) in [6.45, 7) is 0. The molecule has 1 aromatic carbocycles. The molecule has 0 saturated heterocycles. The van der Waals surface area contributed by atoms with Crippen molar-refractivity contribution in [2.45, 2.75) is 6.10 Å². The highest BCUT2D eigenvalue weighted by atomic mass is 35.5. The molecular formula is C10H10ClNO2. The van der Waals surface area contributed by atoms with Gasteiger partial charge < -0.3 is 10.8 Å². The Kier molecular flexibility index (Phi) is 3.68. The van der Waals surface area contributed by atoms with Crippen molar-refractivity contribution in [1.29, 1.82) is 0 Å². The van der Waals surface area contributed by atoms with Crippen LogP contribution in [0.1, 0.15) is 5.56 Å². The number of hydrogen-bond donors (Lipinski definition) is 2. The fourth-order valence-corrected chi connectivity index (χ4v) is 0.997. The quantitative estimate of drug-likeness (QED) is 0.789. The van der Waals surface area contributed by atoms with Crippen LogP contribution in [-0.4, -0.2) is 17.1 Å². The van der Waals surface area contributed by atoms with E-state index in [0.29, 0.717) is 5.02 Å². The molecule has 0 radical (unpaired) electrons. The Morgan fingerprint density at radius 1 is 1.43 bits per heavy atom. The Labute approximate surface area is 86.8 Å². The maximum atomic E-state index is 10.5. The molecule has 4 heteroatoms. The molecule has 0 aromatic heterocycles. The van der Waals surface area contributed by atoms with Crippen LogP contribution in [0.2, 0.25) is 5.02 Å². The van der Waals surface area contributed by atoms with E-state index in [2.05, 4.69) is 0 Å². The molecule has 1 amide bonds. The number of carbonyl (C=O) groups is 1. The van der Waals surface area contributed by atoms with Crippen molar-refractivity contribution in [3.63, 3.8) is 0 Å². The molecule has 0 aliphatic heterocycles. The van der Waals surface area contributed by atoms with E-state index in [1.807, 2.05) is 0 Å². The van der Waals surface area contributed by atoms with Gasteiger partial charge >= 0.3 is 0 Å². The first-order chi connectivity index (χ1) is 6.59. The minimum absolute atomic E-state index is 0.637. The summed E-state index contributed by atoms with van der Waals surface area (Å²) < 4.78 is 0. The van der Waals surface area contributed by atoms with Crippen molar-refractivity contribution in [3.8, 4) is 0 Å². The van der Waals surface area contributed by atoms with Crippen LogP contribution in [0.3, 0.4) is 0 Å². The largest absolute Gasteiger partial charge is 0.379 e. The van der Waals surface area contributed by atoms with E-state index in [-0.39, 0.29) is 0 Å². The van der Waals surface area contributed by atoms with E-state index in [4.69, 9.17) is 22.4 Å². The van der Waals surface area contributed by atoms with Gasteiger partial charge in [0.25, 0.3) is 0 Å². The Balaban J connectivity index is 2.69. The molecule has 0 heterocycles. The van der Waals surface area contributed by atoms with Gasteiger partial charge in [-0.3, -0.25) is 4.79 Å². The normalized spacial score (nSPS) is 13.0.